The highest BCUT2D eigenvalue weighted by atomic mass is 16.9. The van der Waals surface area contributed by atoms with Crippen LogP contribution < -0.4 is 15.9 Å². The van der Waals surface area contributed by atoms with Gasteiger partial charge in [-0.15, -0.1) is 0 Å². The smallest absolute Gasteiger partial charge is 0.252 e. The van der Waals surface area contributed by atoms with Gasteiger partial charge < -0.3 is 44.8 Å². The molecular weight excluding hydrogens is 426 g/mol. The first-order valence-corrected chi connectivity index (χ1v) is 10.1. The first-order valence-electron chi connectivity index (χ1n) is 10.1. The average molecular weight is 452 g/mol. The summed E-state index contributed by atoms with van der Waals surface area (Å²) in [5.74, 6) is -2.98. The maximum absolute atomic E-state index is 12.9. The number of fused-ring (bicyclic) bond motifs is 3. The average Bonchev–Trinajstić information content (AvgIpc) is 3.19. The standard InChI is InChI=1S/C20H26N3O9/c1-19(2)29-13-14(30-19)16-18(32-20(3,4)31-16)28-15(13)17(25)21-9-12(24)22-10-6-5-7-11(8-10)23(26)27/h5-8,13-16,18,26H,9H2,1-4H3,(H,21,25)(H,22,24)/q-1/t13-,14-,15-,16-,18+/m1/s1. The zero-order chi connectivity index (χ0) is 23.3. The fraction of sp³-hybridized carbons (Fsp3) is 0.600. The van der Waals surface area contributed by atoms with Gasteiger partial charge in [-0.3, -0.25) is 14.8 Å². The van der Waals surface area contributed by atoms with E-state index in [0.29, 0.717) is 0 Å². The quantitative estimate of drug-likeness (QED) is 0.548. The maximum atomic E-state index is 12.9. The molecule has 0 radical (unpaired) electrons. The van der Waals surface area contributed by atoms with E-state index in [9.17, 15) is 14.8 Å². The Labute approximate surface area is 184 Å². The minimum absolute atomic E-state index is 0.0502. The Morgan fingerprint density at radius 1 is 1.06 bits per heavy atom. The lowest BCUT2D eigenvalue weighted by Gasteiger charge is -2.36. The number of rotatable bonds is 5. The minimum atomic E-state index is -1.08. The molecule has 3 saturated heterocycles. The van der Waals surface area contributed by atoms with E-state index < -0.39 is 54.1 Å². The van der Waals surface area contributed by atoms with Crippen molar-refractivity contribution in [2.24, 2.45) is 0 Å². The second kappa shape index (κ2) is 8.23. The molecule has 176 valence electrons. The number of carbonyl (C=O) groups excluding carboxylic acids is 2. The molecule has 0 aliphatic carbocycles. The van der Waals surface area contributed by atoms with Gasteiger partial charge in [-0.05, 0) is 45.9 Å². The molecule has 0 saturated carbocycles. The number of nitrogens with one attached hydrogen (secondary N) is 2. The number of hydrogen-bond donors (Lipinski definition) is 3. The lowest BCUT2D eigenvalue weighted by molar-refractivity contribution is -0.231. The number of carbonyl (C=O) groups is 2. The van der Waals surface area contributed by atoms with Crippen LogP contribution in [0.15, 0.2) is 24.3 Å². The van der Waals surface area contributed by atoms with Crippen LogP contribution in [0.25, 0.3) is 0 Å². The van der Waals surface area contributed by atoms with Gasteiger partial charge in [0.2, 0.25) is 5.91 Å². The molecule has 1 aromatic carbocycles. The van der Waals surface area contributed by atoms with E-state index in [-0.39, 0.29) is 23.1 Å². The van der Waals surface area contributed by atoms with Crippen molar-refractivity contribution in [3.63, 3.8) is 0 Å². The Morgan fingerprint density at radius 2 is 1.72 bits per heavy atom. The molecule has 0 aromatic heterocycles. The highest BCUT2D eigenvalue weighted by Gasteiger charge is 2.62. The van der Waals surface area contributed by atoms with Crippen molar-refractivity contribution in [1.82, 2.24) is 5.32 Å². The van der Waals surface area contributed by atoms with Crippen LogP contribution in [0.4, 0.5) is 11.4 Å². The summed E-state index contributed by atoms with van der Waals surface area (Å²) in [7, 11) is 0. The van der Waals surface area contributed by atoms with Crippen molar-refractivity contribution in [2.45, 2.75) is 70.0 Å². The maximum Gasteiger partial charge on any atom is 0.252 e. The second-order valence-electron chi connectivity index (χ2n) is 8.68. The molecule has 12 heteroatoms. The third kappa shape index (κ3) is 4.71. The number of benzene rings is 1. The third-order valence-electron chi connectivity index (χ3n) is 5.19. The van der Waals surface area contributed by atoms with Gasteiger partial charge in [0.1, 0.15) is 18.3 Å². The van der Waals surface area contributed by atoms with E-state index in [1.807, 2.05) is 0 Å². The molecule has 5 atom stereocenters. The molecule has 4 rings (SSSR count). The molecule has 2 amide bonds. The molecule has 12 nitrogen and oxygen atoms in total. The Hall–Kier alpha value is -2.32. The van der Waals surface area contributed by atoms with E-state index >= 15 is 0 Å². The Morgan fingerprint density at radius 3 is 2.44 bits per heavy atom. The normalized spacial score (nSPS) is 32.0. The molecule has 0 spiro atoms. The van der Waals surface area contributed by atoms with Gasteiger partial charge in [0, 0.05) is 5.69 Å². The van der Waals surface area contributed by atoms with Gasteiger partial charge in [0.15, 0.2) is 24.0 Å². The first kappa shape index (κ1) is 22.9. The first-order chi connectivity index (χ1) is 14.9. The Balaban J connectivity index is 1.39. The topological polar surface area (TPSA) is 151 Å². The van der Waals surface area contributed by atoms with Crippen molar-refractivity contribution in [1.29, 1.82) is 0 Å². The van der Waals surface area contributed by atoms with Crippen LogP contribution in [0.5, 0.6) is 0 Å². The lowest BCUT2D eigenvalue weighted by atomic mass is 9.98. The largest absolute Gasteiger partial charge is 0.733 e. The monoisotopic (exact) mass is 452 g/mol. The molecule has 32 heavy (non-hydrogen) atoms. The number of nitrogens with zero attached hydrogens (tertiary/aromatic N) is 1. The zero-order valence-corrected chi connectivity index (χ0v) is 18.1. The summed E-state index contributed by atoms with van der Waals surface area (Å²) in [5, 5.41) is 24.7. The number of anilines is 2. The molecular formula is C20H26N3O9-. The van der Waals surface area contributed by atoms with E-state index in [2.05, 4.69) is 10.6 Å². The van der Waals surface area contributed by atoms with Crippen molar-refractivity contribution in [3.05, 3.63) is 29.5 Å². The Bertz CT molecular complexity index is 891. The predicted octanol–water partition coefficient (Wildman–Crippen LogP) is 0.831. The van der Waals surface area contributed by atoms with Crippen molar-refractivity contribution in [2.75, 3.05) is 17.1 Å². The predicted molar refractivity (Wildman–Crippen MR) is 108 cm³/mol. The molecule has 3 aliphatic rings. The summed E-state index contributed by atoms with van der Waals surface area (Å²) in [5.41, 5.74) is 0.229. The molecule has 3 aliphatic heterocycles. The molecule has 3 N–H and O–H groups in total. The van der Waals surface area contributed by atoms with Crippen LogP contribution in [0.3, 0.4) is 0 Å². The number of ether oxygens (including phenoxy) is 5. The van der Waals surface area contributed by atoms with Crippen LogP contribution >= 0.6 is 0 Å². The Kier molecular flexibility index (Phi) is 5.88. The second-order valence-corrected chi connectivity index (χ2v) is 8.68. The lowest BCUT2D eigenvalue weighted by Crippen LogP contribution is -2.59. The van der Waals surface area contributed by atoms with Crippen LogP contribution in [0.2, 0.25) is 0 Å². The van der Waals surface area contributed by atoms with Gasteiger partial charge in [0.05, 0.1) is 12.2 Å². The molecule has 0 bridgehead atoms. The van der Waals surface area contributed by atoms with E-state index in [1.165, 1.54) is 24.3 Å². The molecule has 3 heterocycles. The summed E-state index contributed by atoms with van der Waals surface area (Å²) in [6.45, 7) is 6.58. The van der Waals surface area contributed by atoms with E-state index in [0.717, 1.165) is 0 Å². The van der Waals surface area contributed by atoms with Crippen molar-refractivity contribution in [3.8, 4) is 0 Å². The molecule has 1 aromatic rings. The van der Waals surface area contributed by atoms with Crippen LogP contribution in [-0.2, 0) is 33.3 Å². The van der Waals surface area contributed by atoms with Gasteiger partial charge in [0.25, 0.3) is 5.91 Å². The van der Waals surface area contributed by atoms with Gasteiger partial charge in [-0.2, -0.15) is 0 Å². The summed E-state index contributed by atoms with van der Waals surface area (Å²) < 4.78 is 29.3. The SMILES string of the molecule is CC1(C)O[C@@H]2[C@@H](O1)[C@H](C(=O)NCC(=O)Nc1cccc(N([O-])O)c1)O[C@H]1OC(C)(C)O[C@@H]12. The minimum Gasteiger partial charge on any atom is -0.733 e. The molecule has 0 unspecified atom stereocenters. The zero-order valence-electron chi connectivity index (χ0n) is 18.1. The van der Waals surface area contributed by atoms with E-state index in [4.69, 9.17) is 28.9 Å². The summed E-state index contributed by atoms with van der Waals surface area (Å²) in [4.78, 5) is 25.1. The van der Waals surface area contributed by atoms with Gasteiger partial charge in [-0.1, -0.05) is 6.07 Å². The highest BCUT2D eigenvalue weighted by Crippen LogP contribution is 2.44. The van der Waals surface area contributed by atoms with Crippen LogP contribution in [-0.4, -0.2) is 65.8 Å². The van der Waals surface area contributed by atoms with Crippen LogP contribution in [0.1, 0.15) is 27.7 Å². The van der Waals surface area contributed by atoms with Crippen molar-refractivity contribution < 1.29 is 38.5 Å². The fourth-order valence-electron chi connectivity index (χ4n) is 4.00. The van der Waals surface area contributed by atoms with Gasteiger partial charge in [-0.25, -0.2) is 0 Å². The summed E-state index contributed by atoms with van der Waals surface area (Å²) >= 11 is 0. The fourth-order valence-corrected chi connectivity index (χ4v) is 4.00. The number of hydrogen-bond acceptors (Lipinski definition) is 10. The van der Waals surface area contributed by atoms with Crippen molar-refractivity contribution >= 4 is 23.2 Å². The number of amides is 2. The third-order valence-corrected chi connectivity index (χ3v) is 5.19. The highest BCUT2D eigenvalue weighted by molar-refractivity contribution is 5.95. The van der Waals surface area contributed by atoms with Crippen LogP contribution in [0, 0.1) is 5.21 Å². The summed E-state index contributed by atoms with van der Waals surface area (Å²) in [6.07, 6.45) is -3.82. The van der Waals surface area contributed by atoms with Gasteiger partial charge >= 0.3 is 0 Å². The van der Waals surface area contributed by atoms with E-state index in [1.54, 1.807) is 27.7 Å². The molecule has 3 fully saturated rings. The summed E-state index contributed by atoms with van der Waals surface area (Å²) in [6, 6.07) is 5.68.